The number of likely N-dealkylation sites (tertiary alicyclic amines) is 1. The number of carbonyl (C=O) groups excluding carboxylic acids is 2. The van der Waals surface area contributed by atoms with Gasteiger partial charge in [0.25, 0.3) is 5.91 Å². The minimum absolute atomic E-state index is 0.115. The molecule has 5 rings (SSSR count). The Bertz CT molecular complexity index is 1000. The minimum Gasteiger partial charge on any atom is -0.450 e. The van der Waals surface area contributed by atoms with Crippen molar-refractivity contribution in [3.8, 4) is 0 Å². The molecule has 0 bridgehead atoms. The van der Waals surface area contributed by atoms with Crippen LogP contribution in [-0.2, 0) is 10.3 Å². The Labute approximate surface area is 180 Å². The van der Waals surface area contributed by atoms with Crippen molar-refractivity contribution >= 4 is 40.2 Å². The Morgan fingerprint density at radius 2 is 1.97 bits per heavy atom. The Balaban J connectivity index is 1.56. The summed E-state index contributed by atoms with van der Waals surface area (Å²) in [5.41, 5.74) is 1.61. The number of amides is 3. The lowest BCUT2D eigenvalue weighted by atomic mass is 9.74. The lowest BCUT2D eigenvalue weighted by Crippen LogP contribution is -2.52. The molecule has 3 heterocycles. The Kier molecular flexibility index (Phi) is 4.90. The summed E-state index contributed by atoms with van der Waals surface area (Å²) in [7, 11) is 1.71. The van der Waals surface area contributed by atoms with E-state index in [9.17, 15) is 9.59 Å². The van der Waals surface area contributed by atoms with Crippen molar-refractivity contribution in [1.82, 2.24) is 10.2 Å². The average molecular weight is 432 g/mol. The molecule has 1 aromatic carbocycles. The van der Waals surface area contributed by atoms with Gasteiger partial charge in [-0.3, -0.25) is 4.79 Å². The van der Waals surface area contributed by atoms with Crippen molar-refractivity contribution in [2.45, 2.75) is 56.6 Å². The zero-order valence-electron chi connectivity index (χ0n) is 17.1. The molecule has 0 radical (unpaired) electrons. The van der Waals surface area contributed by atoms with E-state index in [1.165, 1.54) is 0 Å². The minimum atomic E-state index is -0.506. The number of rotatable bonds is 2. The number of halogens is 1. The molecule has 0 atom stereocenters. The number of urea groups is 1. The van der Waals surface area contributed by atoms with Crippen LogP contribution in [0.2, 0.25) is 5.02 Å². The zero-order valence-corrected chi connectivity index (χ0v) is 17.8. The average Bonchev–Trinajstić information content (AvgIpc) is 3.17. The zero-order chi connectivity index (χ0) is 20.9. The van der Waals surface area contributed by atoms with Gasteiger partial charge in [0.05, 0.1) is 22.4 Å². The van der Waals surface area contributed by atoms with E-state index in [1.807, 2.05) is 4.90 Å². The van der Waals surface area contributed by atoms with Crippen LogP contribution in [0.3, 0.4) is 0 Å². The number of hydrogen-bond acceptors (Lipinski definition) is 4. The van der Waals surface area contributed by atoms with Gasteiger partial charge in [-0.25, -0.2) is 4.79 Å². The molecule has 1 aromatic heterocycles. The van der Waals surface area contributed by atoms with Crippen molar-refractivity contribution < 1.29 is 18.7 Å². The number of nitrogens with one attached hydrogen (secondary N) is 2. The predicted octanol–water partition coefficient (Wildman–Crippen LogP) is 4.63. The van der Waals surface area contributed by atoms with Gasteiger partial charge in [0, 0.05) is 31.1 Å². The second-order valence-corrected chi connectivity index (χ2v) is 8.99. The molecule has 2 aliphatic heterocycles. The largest absolute Gasteiger partial charge is 0.450 e. The molecule has 1 spiro atoms. The highest BCUT2D eigenvalue weighted by atomic mass is 35.5. The van der Waals surface area contributed by atoms with Gasteiger partial charge in [0.15, 0.2) is 5.76 Å². The highest BCUT2D eigenvalue weighted by Gasteiger charge is 2.44. The summed E-state index contributed by atoms with van der Waals surface area (Å²) < 4.78 is 11.6. The number of furan rings is 1. The summed E-state index contributed by atoms with van der Waals surface area (Å²) in [4.78, 5) is 27.3. The molecule has 2 aromatic rings. The Hall–Kier alpha value is -2.25. The van der Waals surface area contributed by atoms with Crippen LogP contribution in [0, 0.1) is 0 Å². The van der Waals surface area contributed by atoms with Crippen LogP contribution in [0.25, 0.3) is 11.0 Å². The Morgan fingerprint density at radius 1 is 1.23 bits per heavy atom. The predicted molar refractivity (Wildman–Crippen MR) is 114 cm³/mol. The molecule has 1 saturated heterocycles. The van der Waals surface area contributed by atoms with Gasteiger partial charge >= 0.3 is 6.03 Å². The van der Waals surface area contributed by atoms with Gasteiger partial charge in [0.2, 0.25) is 0 Å². The first-order chi connectivity index (χ1) is 14.5. The highest BCUT2D eigenvalue weighted by molar-refractivity contribution is 6.35. The molecule has 1 saturated carbocycles. The summed E-state index contributed by atoms with van der Waals surface area (Å²) >= 11 is 6.57. The highest BCUT2D eigenvalue weighted by Crippen LogP contribution is 2.49. The van der Waals surface area contributed by atoms with Crippen LogP contribution in [-0.4, -0.2) is 43.1 Å². The molecule has 8 heteroatoms. The standard InChI is InChI=1S/C22H26ClN3O4/c1-29-14-5-9-26(10-6-14)20(27)16-12-13-11-15(23)18-17(19(13)30-16)22(25-21(28)24-18)7-3-2-4-8-22/h11-12,14H,2-10H2,1H3,(H2,24,25,28). The van der Waals surface area contributed by atoms with Gasteiger partial charge in [-0.15, -0.1) is 0 Å². The number of carbonyl (C=O) groups is 2. The molecule has 7 nitrogen and oxygen atoms in total. The molecular formula is C22H26ClN3O4. The van der Waals surface area contributed by atoms with E-state index in [0.29, 0.717) is 35.1 Å². The number of ether oxygens (including phenoxy) is 1. The summed E-state index contributed by atoms with van der Waals surface area (Å²) in [6, 6.07) is 3.31. The van der Waals surface area contributed by atoms with Crippen molar-refractivity contribution in [3.63, 3.8) is 0 Å². The molecule has 3 amide bonds. The molecule has 3 aliphatic rings. The third-order valence-electron chi connectivity index (χ3n) is 6.81. The quantitative estimate of drug-likeness (QED) is 0.726. The monoisotopic (exact) mass is 431 g/mol. The Morgan fingerprint density at radius 3 is 2.67 bits per heavy atom. The fourth-order valence-electron chi connectivity index (χ4n) is 5.24. The normalized spacial score (nSPS) is 21.4. The van der Waals surface area contributed by atoms with Gasteiger partial charge in [0.1, 0.15) is 5.58 Å². The maximum Gasteiger partial charge on any atom is 0.319 e. The van der Waals surface area contributed by atoms with E-state index in [0.717, 1.165) is 55.9 Å². The fraction of sp³-hybridized carbons (Fsp3) is 0.545. The van der Waals surface area contributed by atoms with Gasteiger partial charge in [-0.1, -0.05) is 30.9 Å². The summed E-state index contributed by atoms with van der Waals surface area (Å²) in [6.07, 6.45) is 6.70. The summed E-state index contributed by atoms with van der Waals surface area (Å²) in [5.74, 6) is 0.198. The topological polar surface area (TPSA) is 83.8 Å². The van der Waals surface area contributed by atoms with E-state index in [-0.39, 0.29) is 18.0 Å². The van der Waals surface area contributed by atoms with Crippen molar-refractivity contribution in [1.29, 1.82) is 0 Å². The molecule has 30 heavy (non-hydrogen) atoms. The molecule has 0 unspecified atom stereocenters. The number of anilines is 1. The number of methoxy groups -OCH3 is 1. The maximum atomic E-state index is 13.1. The van der Waals surface area contributed by atoms with Crippen molar-refractivity contribution in [3.05, 3.63) is 28.5 Å². The van der Waals surface area contributed by atoms with Crippen LogP contribution < -0.4 is 10.6 Å². The fourth-order valence-corrected chi connectivity index (χ4v) is 5.50. The van der Waals surface area contributed by atoms with Crippen LogP contribution in [0.5, 0.6) is 0 Å². The van der Waals surface area contributed by atoms with Crippen LogP contribution in [0.15, 0.2) is 16.5 Å². The molecule has 1 aliphatic carbocycles. The first-order valence-electron chi connectivity index (χ1n) is 10.7. The summed E-state index contributed by atoms with van der Waals surface area (Å²) in [6.45, 7) is 1.30. The molecular weight excluding hydrogens is 406 g/mol. The van der Waals surface area contributed by atoms with Crippen LogP contribution in [0.1, 0.15) is 61.1 Å². The second-order valence-electron chi connectivity index (χ2n) is 8.59. The van der Waals surface area contributed by atoms with E-state index in [2.05, 4.69) is 10.6 Å². The third kappa shape index (κ3) is 3.15. The molecule has 2 N–H and O–H groups in total. The van der Waals surface area contributed by atoms with E-state index < -0.39 is 5.54 Å². The lowest BCUT2D eigenvalue weighted by Gasteiger charge is -2.42. The maximum absolute atomic E-state index is 13.1. The van der Waals surface area contributed by atoms with Crippen molar-refractivity contribution in [2.24, 2.45) is 0 Å². The number of fused-ring (bicyclic) bond motifs is 4. The van der Waals surface area contributed by atoms with Crippen molar-refractivity contribution in [2.75, 3.05) is 25.5 Å². The van der Waals surface area contributed by atoms with Crippen LogP contribution in [0.4, 0.5) is 10.5 Å². The molecule has 2 fully saturated rings. The first-order valence-corrected chi connectivity index (χ1v) is 11.1. The number of hydrogen-bond donors (Lipinski definition) is 2. The third-order valence-corrected chi connectivity index (χ3v) is 7.11. The van der Waals surface area contributed by atoms with E-state index in [1.54, 1.807) is 19.2 Å². The van der Waals surface area contributed by atoms with E-state index in [4.69, 9.17) is 20.8 Å². The van der Waals surface area contributed by atoms with Gasteiger partial charge in [-0.2, -0.15) is 0 Å². The van der Waals surface area contributed by atoms with Crippen LogP contribution >= 0.6 is 11.6 Å². The smallest absolute Gasteiger partial charge is 0.319 e. The van der Waals surface area contributed by atoms with E-state index >= 15 is 0 Å². The number of nitrogens with zero attached hydrogens (tertiary/aromatic N) is 1. The van der Waals surface area contributed by atoms with Gasteiger partial charge in [-0.05, 0) is 37.8 Å². The summed E-state index contributed by atoms with van der Waals surface area (Å²) in [5, 5.41) is 7.26. The second kappa shape index (κ2) is 7.46. The molecule has 160 valence electrons. The SMILES string of the molecule is COC1CCN(C(=O)c2cc3cc(Cl)c4c(c3o2)C2(CCCCC2)NC(=O)N4)CC1. The van der Waals surface area contributed by atoms with Gasteiger partial charge < -0.3 is 24.7 Å². The lowest BCUT2D eigenvalue weighted by molar-refractivity contribution is 0.0335. The first kappa shape index (κ1) is 19.7. The number of piperidine rings is 1. The number of benzene rings is 1.